The maximum absolute atomic E-state index is 11.7. The second-order valence-corrected chi connectivity index (χ2v) is 4.72. The predicted molar refractivity (Wildman–Crippen MR) is 82.8 cm³/mol. The average molecular weight is 313 g/mol. The summed E-state index contributed by atoms with van der Waals surface area (Å²) in [4.78, 5) is 28.0. The number of nitrogens with one attached hydrogen (secondary N) is 3. The van der Waals surface area contributed by atoms with Crippen molar-refractivity contribution >= 4 is 24.3 Å². The maximum atomic E-state index is 11.7. The van der Waals surface area contributed by atoms with Crippen molar-refractivity contribution in [2.45, 2.75) is 6.42 Å². The molecule has 2 rings (SSSR count). The lowest BCUT2D eigenvalue weighted by atomic mass is 10.2. The molecule has 7 nitrogen and oxygen atoms in total. The molecule has 3 N–H and O–H groups in total. The number of benzene rings is 1. The minimum Gasteiger partial charge on any atom is -0.335 e. The zero-order valence-electron chi connectivity index (χ0n) is 11.3. The molecule has 1 amide bonds. The van der Waals surface area contributed by atoms with Gasteiger partial charge in [-0.25, -0.2) is 5.43 Å². The van der Waals surface area contributed by atoms with Crippen LogP contribution in [-0.2, 0) is 11.2 Å². The van der Waals surface area contributed by atoms with E-state index in [0.29, 0.717) is 11.3 Å². The number of carbonyl (C=O) groups excluding carboxylic acids is 1. The van der Waals surface area contributed by atoms with Gasteiger partial charge < -0.3 is 4.98 Å². The molecule has 0 bridgehead atoms. The number of hydrogen-bond acceptors (Lipinski definition) is 5. The molecule has 0 spiro atoms. The summed E-state index contributed by atoms with van der Waals surface area (Å²) in [6, 6.07) is 10.00. The van der Waals surface area contributed by atoms with E-state index < -0.39 is 0 Å². The van der Waals surface area contributed by atoms with Crippen molar-refractivity contribution in [1.29, 1.82) is 5.26 Å². The van der Waals surface area contributed by atoms with Crippen LogP contribution in [0.25, 0.3) is 0 Å². The van der Waals surface area contributed by atoms with Crippen molar-refractivity contribution < 1.29 is 4.79 Å². The largest absolute Gasteiger partial charge is 0.335 e. The van der Waals surface area contributed by atoms with E-state index in [4.69, 9.17) is 17.5 Å². The normalized spacial score (nSPS) is 10.3. The molecule has 2 aromatic rings. The van der Waals surface area contributed by atoms with Gasteiger partial charge in [0, 0.05) is 11.8 Å². The summed E-state index contributed by atoms with van der Waals surface area (Å²) in [7, 11) is 0. The number of nitrogens with zero attached hydrogens (tertiary/aromatic N) is 2. The Balaban J connectivity index is 1.94. The lowest BCUT2D eigenvalue weighted by Gasteiger charge is -2.00. The van der Waals surface area contributed by atoms with Gasteiger partial charge in [0.15, 0.2) is 4.77 Å². The highest BCUT2D eigenvalue weighted by atomic mass is 32.1. The highest BCUT2D eigenvalue weighted by Gasteiger charge is 2.03. The monoisotopic (exact) mass is 313 g/mol. The highest BCUT2D eigenvalue weighted by molar-refractivity contribution is 7.71. The fourth-order valence-electron chi connectivity index (χ4n) is 1.65. The molecule has 1 heterocycles. The van der Waals surface area contributed by atoms with E-state index in [1.165, 1.54) is 12.3 Å². The second-order valence-electron chi connectivity index (χ2n) is 4.32. The number of H-pyrrole nitrogens is 2. The molecule has 0 radical (unpaired) electrons. The van der Waals surface area contributed by atoms with Crippen molar-refractivity contribution in [1.82, 2.24) is 15.4 Å². The third-order valence-electron chi connectivity index (χ3n) is 2.61. The Bertz CT molecular complexity index is 830. The van der Waals surface area contributed by atoms with Crippen molar-refractivity contribution in [3.8, 4) is 6.07 Å². The zero-order chi connectivity index (χ0) is 15.9. The van der Waals surface area contributed by atoms with Crippen LogP contribution in [0.2, 0.25) is 0 Å². The van der Waals surface area contributed by atoms with E-state index >= 15 is 0 Å². The number of carbonyl (C=O) groups is 1. The summed E-state index contributed by atoms with van der Waals surface area (Å²) in [5.41, 5.74) is 3.67. The van der Waals surface area contributed by atoms with Crippen LogP contribution in [0.15, 0.2) is 40.2 Å². The van der Waals surface area contributed by atoms with Gasteiger partial charge in [-0.2, -0.15) is 10.4 Å². The van der Waals surface area contributed by atoms with Crippen LogP contribution >= 0.6 is 12.2 Å². The van der Waals surface area contributed by atoms with E-state index in [1.54, 1.807) is 24.3 Å². The Hall–Kier alpha value is -3.05. The summed E-state index contributed by atoms with van der Waals surface area (Å²) in [5, 5.41) is 12.5. The summed E-state index contributed by atoms with van der Waals surface area (Å²) in [6.07, 6.45) is 1.41. The molecule has 0 atom stereocenters. The summed E-state index contributed by atoms with van der Waals surface area (Å²) in [5.74, 6) is -0.388. The zero-order valence-corrected chi connectivity index (χ0v) is 12.1. The first kappa shape index (κ1) is 15.3. The minimum absolute atomic E-state index is 0.0434. The van der Waals surface area contributed by atoms with Crippen molar-refractivity contribution in [2.75, 3.05) is 0 Å². The van der Waals surface area contributed by atoms with Gasteiger partial charge in [0.25, 0.3) is 5.56 Å². The number of amides is 1. The fraction of sp³-hybridized carbons (Fsp3) is 0.0714. The summed E-state index contributed by atoms with van der Waals surface area (Å²) in [6.45, 7) is 0. The molecule has 1 aromatic heterocycles. The van der Waals surface area contributed by atoms with Gasteiger partial charge >= 0.3 is 0 Å². The molecule has 0 aliphatic carbocycles. The third-order valence-corrected chi connectivity index (χ3v) is 2.81. The van der Waals surface area contributed by atoms with E-state index in [9.17, 15) is 9.59 Å². The molecular weight excluding hydrogens is 302 g/mol. The molecule has 1 aromatic carbocycles. The standard InChI is InChI=1S/C14H11N5O2S/c15-7-9-1-3-10(4-2-9)8-16-19-13(21)6-11-5-12(20)18-14(22)17-11/h1-5,8H,6H2,(H,19,21)(H2,17,18,20,22)/b16-8-. The van der Waals surface area contributed by atoms with Crippen LogP contribution in [-0.4, -0.2) is 22.1 Å². The first-order valence-electron chi connectivity index (χ1n) is 6.21. The van der Waals surface area contributed by atoms with Crippen LogP contribution in [0.3, 0.4) is 0 Å². The second kappa shape index (κ2) is 7.10. The molecule has 8 heteroatoms. The number of aromatic amines is 2. The van der Waals surface area contributed by atoms with Crippen LogP contribution in [0.5, 0.6) is 0 Å². The lowest BCUT2D eigenvalue weighted by Crippen LogP contribution is -2.21. The van der Waals surface area contributed by atoms with Crippen LogP contribution in [0, 0.1) is 16.1 Å². The summed E-state index contributed by atoms with van der Waals surface area (Å²) < 4.78 is 0.163. The quantitative estimate of drug-likeness (QED) is 0.444. The fourth-order valence-corrected chi connectivity index (χ4v) is 1.88. The number of hydrazone groups is 1. The molecule has 0 saturated heterocycles. The molecule has 0 aliphatic rings. The SMILES string of the molecule is N#Cc1ccc(/C=N\NC(=O)Cc2cc(=O)[nH]c(=S)[nH]2)cc1. The molecule has 0 fully saturated rings. The van der Waals surface area contributed by atoms with E-state index in [0.717, 1.165) is 5.56 Å². The van der Waals surface area contributed by atoms with Crippen molar-refractivity contribution in [3.05, 3.63) is 62.3 Å². The Labute approximate surface area is 130 Å². The highest BCUT2D eigenvalue weighted by Crippen LogP contribution is 2.00. The Morgan fingerprint density at radius 3 is 2.73 bits per heavy atom. The summed E-state index contributed by atoms with van der Waals surface area (Å²) >= 11 is 4.82. The molecule has 0 saturated carbocycles. The van der Waals surface area contributed by atoms with Gasteiger partial charge in [0.1, 0.15) is 0 Å². The average Bonchev–Trinajstić information content (AvgIpc) is 2.47. The van der Waals surface area contributed by atoms with Crippen LogP contribution in [0.1, 0.15) is 16.8 Å². The number of aromatic nitrogens is 2. The Morgan fingerprint density at radius 2 is 2.09 bits per heavy atom. The molecule has 0 unspecified atom stereocenters. The first-order valence-corrected chi connectivity index (χ1v) is 6.62. The topological polar surface area (TPSA) is 114 Å². The Kier molecular flexibility index (Phi) is 4.95. The molecule has 0 aliphatic heterocycles. The number of rotatable bonds is 4. The molecule has 110 valence electrons. The lowest BCUT2D eigenvalue weighted by molar-refractivity contribution is -0.120. The van der Waals surface area contributed by atoms with Gasteiger partial charge in [-0.3, -0.25) is 14.6 Å². The third kappa shape index (κ3) is 4.50. The predicted octanol–water partition coefficient (Wildman–Crippen LogP) is 0.997. The first-order chi connectivity index (χ1) is 10.6. The maximum Gasteiger partial charge on any atom is 0.251 e. The van der Waals surface area contributed by atoms with Gasteiger partial charge in [0.2, 0.25) is 5.91 Å². The van der Waals surface area contributed by atoms with Gasteiger partial charge in [-0.1, -0.05) is 12.1 Å². The minimum atomic E-state index is -0.388. The van der Waals surface area contributed by atoms with Crippen molar-refractivity contribution in [2.24, 2.45) is 5.10 Å². The number of hydrogen-bond donors (Lipinski definition) is 3. The smallest absolute Gasteiger partial charge is 0.251 e. The van der Waals surface area contributed by atoms with E-state index in [2.05, 4.69) is 20.5 Å². The van der Waals surface area contributed by atoms with Crippen molar-refractivity contribution in [3.63, 3.8) is 0 Å². The number of nitriles is 1. The molecular formula is C14H11N5O2S. The molecule has 22 heavy (non-hydrogen) atoms. The Morgan fingerprint density at radius 1 is 1.36 bits per heavy atom. The van der Waals surface area contributed by atoms with E-state index in [-0.39, 0.29) is 22.7 Å². The van der Waals surface area contributed by atoms with E-state index in [1.807, 2.05) is 6.07 Å². The van der Waals surface area contributed by atoms with Crippen LogP contribution in [0.4, 0.5) is 0 Å². The van der Waals surface area contributed by atoms with Crippen LogP contribution < -0.4 is 11.0 Å². The van der Waals surface area contributed by atoms with Gasteiger partial charge in [0.05, 0.1) is 24.3 Å². The van der Waals surface area contributed by atoms with Gasteiger partial charge in [-0.15, -0.1) is 0 Å². The van der Waals surface area contributed by atoms with Gasteiger partial charge in [-0.05, 0) is 29.9 Å².